The summed E-state index contributed by atoms with van der Waals surface area (Å²) >= 11 is 1.06. The number of aromatic nitrogens is 2. The maximum absolute atomic E-state index is 13.6. The third-order valence-electron chi connectivity index (χ3n) is 4.78. The van der Waals surface area contributed by atoms with Crippen LogP contribution in [0.5, 0.6) is 5.75 Å². The number of ether oxygens (including phenoxy) is 1. The summed E-state index contributed by atoms with van der Waals surface area (Å²) < 4.78 is 46.2. The van der Waals surface area contributed by atoms with E-state index in [-0.39, 0.29) is 24.5 Å². The van der Waals surface area contributed by atoms with E-state index in [2.05, 4.69) is 17.1 Å². The number of aliphatic hydroxyl groups is 1. The van der Waals surface area contributed by atoms with Crippen molar-refractivity contribution in [1.82, 2.24) is 10.2 Å². The Bertz CT molecular complexity index is 794. The molecule has 0 fully saturated rings. The minimum Gasteiger partial charge on any atom is -0.493 e. The van der Waals surface area contributed by atoms with Crippen LogP contribution >= 0.6 is 11.3 Å². The first-order chi connectivity index (χ1) is 14.2. The molecule has 3 N–H and O–H groups in total. The summed E-state index contributed by atoms with van der Waals surface area (Å²) in [7, 11) is 0. The standard InChI is InChI=1S/C21H30F3N3O2S/c1-3-4-5-6-7-8-9-12-29-17-11-10-15(13-16(17)21(22,23)24)18-26-27-19(30-18)20(2,25)14-28/h10-11,13,28H,3-9,12,14,25H2,1-2H3. The predicted octanol–water partition coefficient (Wildman–Crippen LogP) is 5.52. The first kappa shape index (κ1) is 24.6. The van der Waals surface area contributed by atoms with E-state index in [1.165, 1.54) is 31.4 Å². The monoisotopic (exact) mass is 445 g/mol. The lowest BCUT2D eigenvalue weighted by molar-refractivity contribution is -0.138. The minimum atomic E-state index is -4.55. The molecule has 1 atom stereocenters. The molecule has 0 saturated carbocycles. The van der Waals surface area contributed by atoms with Gasteiger partial charge < -0.3 is 15.6 Å². The van der Waals surface area contributed by atoms with E-state index in [1.807, 2.05) is 0 Å². The van der Waals surface area contributed by atoms with Gasteiger partial charge in [0, 0.05) is 5.56 Å². The number of alkyl halides is 3. The van der Waals surface area contributed by atoms with Crippen LogP contribution in [-0.2, 0) is 11.7 Å². The van der Waals surface area contributed by atoms with E-state index in [1.54, 1.807) is 6.92 Å². The van der Waals surface area contributed by atoms with E-state index in [9.17, 15) is 18.3 Å². The van der Waals surface area contributed by atoms with Crippen LogP contribution in [0, 0.1) is 0 Å². The van der Waals surface area contributed by atoms with Crippen molar-refractivity contribution < 1.29 is 23.0 Å². The zero-order valence-electron chi connectivity index (χ0n) is 17.5. The Hall–Kier alpha value is -1.71. The second kappa shape index (κ2) is 11.1. The lowest BCUT2D eigenvalue weighted by atomic mass is 10.1. The van der Waals surface area contributed by atoms with Crippen LogP contribution in [0.25, 0.3) is 10.6 Å². The molecule has 0 saturated heterocycles. The van der Waals surface area contributed by atoms with Crippen molar-refractivity contribution in [1.29, 1.82) is 0 Å². The summed E-state index contributed by atoms with van der Waals surface area (Å²) in [5, 5.41) is 17.9. The highest BCUT2D eigenvalue weighted by molar-refractivity contribution is 7.14. The molecule has 0 aliphatic heterocycles. The quantitative estimate of drug-likeness (QED) is 0.421. The molecule has 1 aromatic heterocycles. The van der Waals surface area contributed by atoms with Gasteiger partial charge in [0.2, 0.25) is 0 Å². The average molecular weight is 446 g/mol. The summed E-state index contributed by atoms with van der Waals surface area (Å²) in [5.74, 6) is -0.180. The smallest absolute Gasteiger partial charge is 0.419 e. The van der Waals surface area contributed by atoms with Crippen LogP contribution in [0.15, 0.2) is 18.2 Å². The van der Waals surface area contributed by atoms with E-state index in [0.717, 1.165) is 43.1 Å². The van der Waals surface area contributed by atoms with Crippen molar-refractivity contribution in [3.63, 3.8) is 0 Å². The number of halogens is 3. The van der Waals surface area contributed by atoms with Gasteiger partial charge >= 0.3 is 6.18 Å². The molecule has 9 heteroatoms. The molecule has 0 aliphatic rings. The Kier molecular flexibility index (Phi) is 9.06. The SMILES string of the molecule is CCCCCCCCCOc1ccc(-c2nnc(C(C)(N)CO)s2)cc1C(F)(F)F. The molecule has 168 valence electrons. The summed E-state index contributed by atoms with van der Waals surface area (Å²) in [6.45, 7) is 3.65. The Morgan fingerprint density at radius 3 is 2.37 bits per heavy atom. The van der Waals surface area contributed by atoms with Crippen LogP contribution in [0.3, 0.4) is 0 Å². The summed E-state index contributed by atoms with van der Waals surface area (Å²) in [4.78, 5) is 0. The molecule has 1 aromatic carbocycles. The zero-order valence-corrected chi connectivity index (χ0v) is 18.3. The highest BCUT2D eigenvalue weighted by Crippen LogP contribution is 2.39. The van der Waals surface area contributed by atoms with Gasteiger partial charge in [-0.2, -0.15) is 13.2 Å². The number of hydrogen-bond acceptors (Lipinski definition) is 6. The zero-order chi connectivity index (χ0) is 22.2. The number of nitrogens with zero attached hydrogens (tertiary/aromatic N) is 2. The fourth-order valence-electron chi connectivity index (χ4n) is 2.89. The number of hydrogen-bond donors (Lipinski definition) is 2. The van der Waals surface area contributed by atoms with Gasteiger partial charge in [-0.25, -0.2) is 0 Å². The molecule has 2 rings (SSSR count). The molecule has 1 unspecified atom stereocenters. The molecule has 0 aliphatic carbocycles. The third-order valence-corrected chi connectivity index (χ3v) is 6.03. The van der Waals surface area contributed by atoms with E-state index >= 15 is 0 Å². The van der Waals surface area contributed by atoms with Gasteiger partial charge in [0.05, 0.1) is 24.3 Å². The van der Waals surface area contributed by atoms with Crippen LogP contribution in [0.4, 0.5) is 13.2 Å². The Morgan fingerprint density at radius 1 is 1.07 bits per heavy atom. The average Bonchev–Trinajstić information content (AvgIpc) is 3.20. The Balaban J connectivity index is 2.05. The predicted molar refractivity (Wildman–Crippen MR) is 112 cm³/mol. The summed E-state index contributed by atoms with van der Waals surface area (Å²) in [6.07, 6.45) is 2.95. The van der Waals surface area contributed by atoms with Crippen LogP contribution < -0.4 is 10.5 Å². The molecule has 0 spiro atoms. The van der Waals surface area contributed by atoms with Crippen LogP contribution in [0.2, 0.25) is 0 Å². The lowest BCUT2D eigenvalue weighted by Crippen LogP contribution is -2.36. The van der Waals surface area contributed by atoms with Gasteiger partial charge in [-0.05, 0) is 31.5 Å². The Morgan fingerprint density at radius 2 is 1.73 bits per heavy atom. The fraction of sp³-hybridized carbons (Fsp3) is 0.619. The van der Waals surface area contributed by atoms with Gasteiger partial charge in [0.25, 0.3) is 0 Å². The summed E-state index contributed by atoms with van der Waals surface area (Å²) in [6, 6.07) is 3.89. The maximum Gasteiger partial charge on any atom is 0.419 e. The van der Waals surface area contributed by atoms with Gasteiger partial charge in [-0.1, -0.05) is 56.8 Å². The molecule has 30 heavy (non-hydrogen) atoms. The normalized spacial score (nSPS) is 14.0. The number of rotatable bonds is 12. The highest BCUT2D eigenvalue weighted by Gasteiger charge is 2.35. The minimum absolute atomic E-state index is 0.180. The Labute approximate surface area is 179 Å². The number of unbranched alkanes of at least 4 members (excludes halogenated alkanes) is 6. The molecule has 2 aromatic rings. The molecule has 0 bridgehead atoms. The second-order valence-electron chi connectivity index (χ2n) is 7.67. The van der Waals surface area contributed by atoms with Crippen molar-refractivity contribution >= 4 is 11.3 Å². The van der Waals surface area contributed by atoms with Crippen molar-refractivity contribution in [3.05, 3.63) is 28.8 Å². The van der Waals surface area contributed by atoms with Gasteiger partial charge in [0.15, 0.2) is 0 Å². The van der Waals surface area contributed by atoms with Crippen molar-refractivity contribution in [2.75, 3.05) is 13.2 Å². The van der Waals surface area contributed by atoms with Crippen LogP contribution in [-0.4, -0.2) is 28.5 Å². The fourth-order valence-corrected chi connectivity index (χ4v) is 3.78. The van der Waals surface area contributed by atoms with Crippen molar-refractivity contribution in [3.8, 4) is 16.3 Å². The molecule has 0 amide bonds. The van der Waals surface area contributed by atoms with Gasteiger partial charge in [-0.15, -0.1) is 10.2 Å². The van der Waals surface area contributed by atoms with E-state index < -0.39 is 17.3 Å². The van der Waals surface area contributed by atoms with Gasteiger partial charge in [0.1, 0.15) is 15.8 Å². The molecule has 5 nitrogen and oxygen atoms in total. The largest absolute Gasteiger partial charge is 0.493 e. The van der Waals surface area contributed by atoms with Crippen LogP contribution in [0.1, 0.15) is 69.4 Å². The number of aliphatic hydroxyl groups excluding tert-OH is 1. The van der Waals surface area contributed by atoms with Crippen molar-refractivity contribution in [2.24, 2.45) is 5.73 Å². The second-order valence-corrected chi connectivity index (χ2v) is 8.64. The van der Waals surface area contributed by atoms with Gasteiger partial charge in [-0.3, -0.25) is 0 Å². The first-order valence-corrected chi connectivity index (χ1v) is 11.1. The summed E-state index contributed by atoms with van der Waals surface area (Å²) in [5.41, 5.74) is 4.27. The lowest BCUT2D eigenvalue weighted by Gasteiger charge is -2.17. The topological polar surface area (TPSA) is 81.3 Å². The highest BCUT2D eigenvalue weighted by atomic mass is 32.1. The van der Waals surface area contributed by atoms with E-state index in [4.69, 9.17) is 10.5 Å². The number of nitrogens with two attached hydrogens (primary N) is 1. The van der Waals surface area contributed by atoms with E-state index in [0.29, 0.717) is 10.0 Å². The van der Waals surface area contributed by atoms with Crippen molar-refractivity contribution in [2.45, 2.75) is 70.5 Å². The molecule has 1 heterocycles. The molecular formula is C21H30F3N3O2S. The third kappa shape index (κ3) is 6.92. The molecular weight excluding hydrogens is 415 g/mol. The molecule has 0 radical (unpaired) electrons. The maximum atomic E-state index is 13.6. The first-order valence-electron chi connectivity index (χ1n) is 10.3. The number of benzene rings is 1.